The monoisotopic (exact) mass is 288 g/mol. The summed E-state index contributed by atoms with van der Waals surface area (Å²) >= 11 is 0. The third-order valence-electron chi connectivity index (χ3n) is 3.84. The fraction of sp³-hybridized carbons (Fsp3) is 0.429. The van der Waals surface area contributed by atoms with Crippen LogP contribution in [0.5, 0.6) is 0 Å². The van der Waals surface area contributed by atoms with E-state index in [4.69, 9.17) is 4.63 Å². The maximum absolute atomic E-state index is 11.3. The minimum Gasteiger partial charge on any atom is -0.478 e. The summed E-state index contributed by atoms with van der Waals surface area (Å²) in [5.74, 6) is -0.951. The number of hydrogen-bond donors (Lipinski definition) is 1. The van der Waals surface area contributed by atoms with E-state index in [0.29, 0.717) is 12.2 Å². The fourth-order valence-electron chi connectivity index (χ4n) is 2.82. The Morgan fingerprint density at radius 2 is 2.38 bits per heavy atom. The molecule has 3 heterocycles. The Morgan fingerprint density at radius 3 is 3.10 bits per heavy atom. The first kappa shape index (κ1) is 13.7. The van der Waals surface area contributed by atoms with Crippen LogP contribution in [0.25, 0.3) is 0 Å². The summed E-state index contributed by atoms with van der Waals surface area (Å²) in [7, 11) is 0. The molecule has 7 heteroatoms. The van der Waals surface area contributed by atoms with Crippen LogP contribution in [0.1, 0.15) is 46.3 Å². The number of carbonyl (C=O) groups is 1. The Balaban J connectivity index is 1.84. The zero-order valence-corrected chi connectivity index (χ0v) is 11.7. The van der Waals surface area contributed by atoms with Crippen molar-refractivity contribution in [1.82, 2.24) is 20.2 Å². The molecule has 1 saturated heterocycles. The Bertz CT molecular complexity index is 655. The predicted molar refractivity (Wildman–Crippen MR) is 72.6 cm³/mol. The largest absolute Gasteiger partial charge is 0.478 e. The Kier molecular flexibility index (Phi) is 3.66. The second-order valence-electron chi connectivity index (χ2n) is 5.17. The number of pyridine rings is 1. The van der Waals surface area contributed by atoms with Gasteiger partial charge in [0, 0.05) is 12.7 Å². The molecule has 3 rings (SSSR count). The maximum atomic E-state index is 11.3. The second kappa shape index (κ2) is 5.61. The Labute approximate surface area is 121 Å². The van der Waals surface area contributed by atoms with Gasteiger partial charge < -0.3 is 5.11 Å². The average molecular weight is 288 g/mol. The van der Waals surface area contributed by atoms with Crippen molar-refractivity contribution >= 4 is 5.97 Å². The first-order valence-electron chi connectivity index (χ1n) is 6.87. The van der Waals surface area contributed by atoms with Crippen LogP contribution in [0.4, 0.5) is 0 Å². The summed E-state index contributed by atoms with van der Waals surface area (Å²) in [6, 6.07) is 3.33. The van der Waals surface area contributed by atoms with Gasteiger partial charge in [-0.3, -0.25) is 9.88 Å². The minimum atomic E-state index is -0.951. The van der Waals surface area contributed by atoms with E-state index < -0.39 is 5.97 Å². The lowest BCUT2D eigenvalue weighted by Crippen LogP contribution is -2.25. The van der Waals surface area contributed by atoms with Crippen LogP contribution in [0.15, 0.2) is 23.0 Å². The van der Waals surface area contributed by atoms with Gasteiger partial charge in [0.25, 0.3) is 0 Å². The molecule has 0 bridgehead atoms. The van der Waals surface area contributed by atoms with Gasteiger partial charge in [-0.25, -0.2) is 9.42 Å². The van der Waals surface area contributed by atoms with Crippen molar-refractivity contribution in [2.75, 3.05) is 6.54 Å². The third-order valence-corrected chi connectivity index (χ3v) is 3.84. The first-order chi connectivity index (χ1) is 10.2. The summed E-state index contributed by atoms with van der Waals surface area (Å²) in [6.07, 6.45) is 3.62. The molecule has 1 N–H and O–H groups in total. The van der Waals surface area contributed by atoms with Crippen molar-refractivity contribution in [2.24, 2.45) is 0 Å². The number of hydrogen-bond acceptors (Lipinski definition) is 6. The molecule has 0 spiro atoms. The highest BCUT2D eigenvalue weighted by Crippen LogP contribution is 2.33. The molecule has 0 saturated carbocycles. The van der Waals surface area contributed by atoms with Gasteiger partial charge in [0.1, 0.15) is 11.4 Å². The van der Waals surface area contributed by atoms with Crippen LogP contribution in [0.2, 0.25) is 0 Å². The van der Waals surface area contributed by atoms with Crippen LogP contribution >= 0.6 is 0 Å². The average Bonchev–Trinajstić information content (AvgIpc) is 3.08. The summed E-state index contributed by atoms with van der Waals surface area (Å²) < 4.78 is 4.78. The van der Waals surface area contributed by atoms with Gasteiger partial charge >= 0.3 is 5.97 Å². The maximum Gasteiger partial charge on any atom is 0.337 e. The normalized spacial score (nSPS) is 19.0. The molecule has 21 heavy (non-hydrogen) atoms. The van der Waals surface area contributed by atoms with E-state index in [0.717, 1.165) is 30.8 Å². The Hall–Kier alpha value is -2.28. The number of carboxylic acid groups (broad SMARTS) is 1. The number of likely N-dealkylation sites (tertiary alicyclic amines) is 1. The van der Waals surface area contributed by atoms with E-state index in [2.05, 4.69) is 20.2 Å². The molecule has 1 atom stereocenters. The third kappa shape index (κ3) is 2.64. The van der Waals surface area contributed by atoms with Crippen molar-refractivity contribution in [2.45, 2.75) is 32.4 Å². The van der Waals surface area contributed by atoms with Crippen LogP contribution in [-0.4, -0.2) is 37.8 Å². The number of aromatic carboxylic acids is 1. The summed E-state index contributed by atoms with van der Waals surface area (Å²) in [5.41, 5.74) is 2.44. The van der Waals surface area contributed by atoms with Gasteiger partial charge in [-0.1, -0.05) is 10.3 Å². The van der Waals surface area contributed by atoms with Crippen molar-refractivity contribution in [1.29, 1.82) is 0 Å². The van der Waals surface area contributed by atoms with Crippen molar-refractivity contribution in [3.8, 4) is 0 Å². The van der Waals surface area contributed by atoms with Gasteiger partial charge in [-0.15, -0.1) is 0 Å². The molecule has 0 radical (unpaired) electrons. The van der Waals surface area contributed by atoms with E-state index in [1.807, 2.05) is 6.92 Å². The van der Waals surface area contributed by atoms with E-state index >= 15 is 0 Å². The van der Waals surface area contributed by atoms with Crippen molar-refractivity contribution in [3.63, 3.8) is 0 Å². The van der Waals surface area contributed by atoms with E-state index in [1.165, 1.54) is 0 Å². The first-order valence-corrected chi connectivity index (χ1v) is 6.87. The Morgan fingerprint density at radius 1 is 1.52 bits per heavy atom. The van der Waals surface area contributed by atoms with E-state index in [9.17, 15) is 9.90 Å². The molecule has 0 unspecified atom stereocenters. The van der Waals surface area contributed by atoms with E-state index in [-0.39, 0.29) is 11.6 Å². The molecule has 2 aromatic rings. The highest BCUT2D eigenvalue weighted by atomic mass is 16.6. The second-order valence-corrected chi connectivity index (χ2v) is 5.17. The smallest absolute Gasteiger partial charge is 0.337 e. The molecule has 1 aliphatic rings. The summed E-state index contributed by atoms with van der Waals surface area (Å²) in [6.45, 7) is 3.23. The quantitative estimate of drug-likeness (QED) is 0.917. The lowest BCUT2D eigenvalue weighted by Gasteiger charge is -2.22. The number of aromatic nitrogens is 3. The van der Waals surface area contributed by atoms with Gasteiger partial charge in [-0.05, 0) is 38.4 Å². The predicted octanol–water partition coefficient (Wildman–Crippen LogP) is 1.81. The van der Waals surface area contributed by atoms with E-state index in [1.54, 1.807) is 18.3 Å². The summed E-state index contributed by atoms with van der Waals surface area (Å²) in [4.78, 5) is 17.7. The number of carboxylic acids is 1. The van der Waals surface area contributed by atoms with Gasteiger partial charge in [-0.2, -0.15) is 0 Å². The molecule has 2 aromatic heterocycles. The topological polar surface area (TPSA) is 92.4 Å². The standard InChI is InChI=1S/C14H16N4O3/c1-9-13(17-21-16-9)12-5-3-7-18(12)8-11-10(14(19)20)4-2-6-15-11/h2,4,6,12H,3,5,7-8H2,1H3,(H,19,20)/t12-/m1/s1. The molecule has 0 amide bonds. The van der Waals surface area contributed by atoms with Gasteiger partial charge in [0.2, 0.25) is 0 Å². The van der Waals surface area contributed by atoms with Crippen LogP contribution in [0.3, 0.4) is 0 Å². The number of aryl methyl sites for hydroxylation is 1. The number of nitrogens with zero attached hydrogens (tertiary/aromatic N) is 4. The van der Waals surface area contributed by atoms with Crippen molar-refractivity contribution in [3.05, 3.63) is 41.0 Å². The van der Waals surface area contributed by atoms with Crippen LogP contribution in [-0.2, 0) is 6.54 Å². The van der Waals surface area contributed by atoms with Crippen LogP contribution in [0, 0.1) is 6.92 Å². The number of rotatable bonds is 4. The molecule has 1 aliphatic heterocycles. The SMILES string of the molecule is Cc1nonc1[C@H]1CCCN1Cc1ncccc1C(=O)O. The molecule has 7 nitrogen and oxygen atoms in total. The van der Waals surface area contributed by atoms with Gasteiger partial charge in [0.05, 0.1) is 17.3 Å². The minimum absolute atomic E-state index is 0.111. The zero-order valence-electron chi connectivity index (χ0n) is 11.7. The van der Waals surface area contributed by atoms with Gasteiger partial charge in [0.15, 0.2) is 0 Å². The molecule has 1 fully saturated rings. The zero-order chi connectivity index (χ0) is 14.8. The highest BCUT2D eigenvalue weighted by Gasteiger charge is 2.31. The highest BCUT2D eigenvalue weighted by molar-refractivity contribution is 5.88. The van der Waals surface area contributed by atoms with Crippen LogP contribution < -0.4 is 0 Å². The van der Waals surface area contributed by atoms with Crippen molar-refractivity contribution < 1.29 is 14.5 Å². The molecule has 0 aliphatic carbocycles. The summed E-state index contributed by atoms with van der Waals surface area (Å²) in [5, 5.41) is 17.0. The molecule has 110 valence electrons. The lowest BCUT2D eigenvalue weighted by atomic mass is 10.1. The molecular weight excluding hydrogens is 272 g/mol. The molecular formula is C14H16N4O3. The fourth-order valence-corrected chi connectivity index (χ4v) is 2.82. The molecule has 0 aromatic carbocycles. The lowest BCUT2D eigenvalue weighted by molar-refractivity contribution is 0.0693.